The van der Waals surface area contributed by atoms with Gasteiger partial charge in [-0.15, -0.1) is 0 Å². The van der Waals surface area contributed by atoms with Crippen LogP contribution in [0.15, 0.2) is 0 Å². The maximum absolute atomic E-state index is 12.7. The lowest BCUT2D eigenvalue weighted by atomic mass is 9.94. The Bertz CT molecular complexity index is 1750. The van der Waals surface area contributed by atoms with E-state index in [1.165, 1.54) is 0 Å². The Kier molecular flexibility index (Phi) is 21.3. The zero-order chi connectivity index (χ0) is 53.9. The molecule has 20 N–H and O–H groups in total. The first-order valence-electron chi connectivity index (χ1n) is 23.1. The molecule has 6 aliphatic rings. The molecule has 0 bridgehead atoms. The lowest BCUT2D eigenvalue weighted by Crippen LogP contribution is -2.70. The summed E-state index contributed by atoms with van der Waals surface area (Å²) < 4.78 is 62.4. The summed E-state index contributed by atoms with van der Waals surface area (Å²) in [6, 6.07) is -3.37. The van der Waals surface area contributed by atoms with Gasteiger partial charge in [-0.2, -0.15) is 0 Å². The number of aliphatic hydroxyl groups is 18. The van der Waals surface area contributed by atoms with E-state index in [0.29, 0.717) is 0 Å². The SMILES string of the molecule is CC(=O)N[C@H]1[C@H](O[C@H]2[C@@H](O)[C@@H](CO)O[C@H](O[C@H]3[C@@H](O)[C@@H](CO)O[C@@H](O[C@H]4[C@@H](O)[C@@H](CO)O[C@@H](O[C@@H]5[C@H](O)[C@@H](O)[C@H](O[C@H]6[C@H](O)[C@@H](O)[C@H](O)O[C@@H]6CO)O[C@@H]5CO)[C@@H]4NC(C)=O)[C@@H]3O)[C@@H]2O)O[C@H](CO)[C@H](O)[C@@H]1O. The molecular formula is C40H68N2O31. The summed E-state index contributed by atoms with van der Waals surface area (Å²) in [7, 11) is 0. The minimum atomic E-state index is -2.26. The molecule has 2 amide bonds. The Labute approximate surface area is 413 Å². The summed E-state index contributed by atoms with van der Waals surface area (Å²) >= 11 is 0. The summed E-state index contributed by atoms with van der Waals surface area (Å²) in [5.41, 5.74) is 0. The predicted molar refractivity (Wildman–Crippen MR) is 222 cm³/mol. The second kappa shape index (κ2) is 26.0. The van der Waals surface area contributed by atoms with E-state index in [1.807, 2.05) is 0 Å². The van der Waals surface area contributed by atoms with Crippen molar-refractivity contribution in [1.29, 1.82) is 0 Å². The molecule has 0 radical (unpaired) electrons. The zero-order valence-electron chi connectivity index (χ0n) is 38.9. The number of carbonyl (C=O) groups excluding carboxylic acids is 2. The van der Waals surface area contributed by atoms with Crippen molar-refractivity contribution in [3.8, 4) is 0 Å². The molecule has 33 heteroatoms. The quantitative estimate of drug-likeness (QED) is 0.0606. The van der Waals surface area contributed by atoms with E-state index in [2.05, 4.69) is 10.6 Å². The van der Waals surface area contributed by atoms with Crippen LogP contribution >= 0.6 is 0 Å². The minimum absolute atomic E-state index is 0.755. The molecule has 0 aromatic rings. The third-order valence-corrected chi connectivity index (χ3v) is 13.2. The van der Waals surface area contributed by atoms with Crippen molar-refractivity contribution in [3.05, 3.63) is 0 Å². The van der Waals surface area contributed by atoms with Gasteiger partial charge in [0.15, 0.2) is 37.7 Å². The van der Waals surface area contributed by atoms with Crippen molar-refractivity contribution in [2.75, 3.05) is 39.6 Å². The smallest absolute Gasteiger partial charge is 0.217 e. The molecule has 30 atom stereocenters. The van der Waals surface area contributed by atoms with E-state index in [0.717, 1.165) is 13.8 Å². The van der Waals surface area contributed by atoms with Crippen molar-refractivity contribution in [1.82, 2.24) is 10.6 Å². The molecule has 6 saturated heterocycles. The molecule has 0 aromatic carbocycles. The second-order valence-corrected chi connectivity index (χ2v) is 18.2. The monoisotopic (exact) mass is 1070 g/mol. The Morgan fingerprint density at radius 2 is 0.644 bits per heavy atom. The standard InChI is InChI=1S/C40H68N2O31/c1-9(49)41-17-23(55)19(51)11(3-43)64-36(17)72-33-21(53)13(5-45)67-40(28(33)60)73-34-22(54)14(6-46)66-39(29(34)61)71-32-18(42-10(2)50)37(65-12(4-44)20(32)52)69-31-16(8-48)68-38(27(59)25(31)57)70-30-15(7-47)63-35(62)26(58)24(30)56/h11-40,43-48,51-62H,3-8H2,1-2H3,(H,41,49)(H,42,50)/t11-,12-,13-,14-,15-,16-,17-,18-,19+,20+,21+,22+,23-,24-,25-,26-,27-,28-,29-,30-,31+,32-,33+,34+,35-,36+,37+,38+,39+,40-/m1/s1. The van der Waals surface area contributed by atoms with Gasteiger partial charge in [-0.1, -0.05) is 0 Å². The number of rotatable bonds is 18. The van der Waals surface area contributed by atoms with E-state index in [1.54, 1.807) is 0 Å². The number of aliphatic hydroxyl groups excluding tert-OH is 18. The molecule has 6 aliphatic heterocycles. The van der Waals surface area contributed by atoms with E-state index in [-0.39, 0.29) is 0 Å². The van der Waals surface area contributed by atoms with Gasteiger partial charge >= 0.3 is 0 Å². The Morgan fingerprint density at radius 3 is 1.11 bits per heavy atom. The fraction of sp³-hybridized carbons (Fsp3) is 0.950. The largest absolute Gasteiger partial charge is 0.394 e. The van der Waals surface area contributed by atoms with Gasteiger partial charge in [-0.05, 0) is 0 Å². The maximum atomic E-state index is 12.7. The van der Waals surface area contributed by atoms with E-state index in [9.17, 15) is 102 Å². The van der Waals surface area contributed by atoms with Crippen molar-refractivity contribution >= 4 is 11.8 Å². The van der Waals surface area contributed by atoms with E-state index < -0.39 is 236 Å². The van der Waals surface area contributed by atoms with Crippen molar-refractivity contribution in [2.45, 2.75) is 198 Å². The molecule has 424 valence electrons. The lowest BCUT2D eigenvalue weighted by molar-refractivity contribution is -0.389. The predicted octanol–water partition coefficient (Wildman–Crippen LogP) is -13.8. The first-order valence-corrected chi connectivity index (χ1v) is 23.1. The minimum Gasteiger partial charge on any atom is -0.394 e. The van der Waals surface area contributed by atoms with E-state index in [4.69, 9.17) is 52.1 Å². The molecule has 0 spiro atoms. The van der Waals surface area contributed by atoms with Crippen LogP contribution in [0.4, 0.5) is 0 Å². The summed E-state index contributed by atoms with van der Waals surface area (Å²) in [5, 5.41) is 197. The van der Waals surface area contributed by atoms with Crippen LogP contribution in [0.3, 0.4) is 0 Å². The summed E-state index contributed by atoms with van der Waals surface area (Å²) in [5.74, 6) is -1.62. The first kappa shape index (κ1) is 60.0. The van der Waals surface area contributed by atoms with Gasteiger partial charge in [0, 0.05) is 13.8 Å². The third-order valence-electron chi connectivity index (χ3n) is 13.2. The molecule has 6 fully saturated rings. The Balaban J connectivity index is 1.22. The molecule has 6 heterocycles. The van der Waals surface area contributed by atoms with E-state index >= 15 is 0 Å². The molecule has 33 nitrogen and oxygen atoms in total. The lowest BCUT2D eigenvalue weighted by Gasteiger charge is -2.51. The average Bonchev–Trinajstić information content (AvgIpc) is 3.35. The van der Waals surface area contributed by atoms with Crippen LogP contribution in [0, 0.1) is 0 Å². The van der Waals surface area contributed by atoms with Gasteiger partial charge in [0.05, 0.1) is 39.6 Å². The van der Waals surface area contributed by atoms with Crippen molar-refractivity contribution < 1.29 is 154 Å². The molecule has 0 aromatic heterocycles. The van der Waals surface area contributed by atoms with Crippen LogP contribution in [0.25, 0.3) is 0 Å². The molecule has 0 aliphatic carbocycles. The first-order chi connectivity index (χ1) is 34.5. The summed E-state index contributed by atoms with van der Waals surface area (Å²) in [6.45, 7) is -3.81. The van der Waals surface area contributed by atoms with Crippen LogP contribution in [0.1, 0.15) is 13.8 Å². The normalized spacial score (nSPS) is 49.8. The number of carbonyl (C=O) groups is 2. The average molecular weight is 1070 g/mol. The number of ether oxygens (including phenoxy) is 11. The fourth-order valence-electron chi connectivity index (χ4n) is 9.32. The molecule has 0 saturated carbocycles. The van der Waals surface area contributed by atoms with Gasteiger partial charge in [-0.3, -0.25) is 9.59 Å². The third kappa shape index (κ3) is 12.9. The topological polar surface area (TPSA) is 524 Å². The maximum Gasteiger partial charge on any atom is 0.217 e. The highest BCUT2D eigenvalue weighted by Gasteiger charge is 2.58. The van der Waals surface area contributed by atoms with Crippen molar-refractivity contribution in [2.24, 2.45) is 0 Å². The fourth-order valence-corrected chi connectivity index (χ4v) is 9.32. The summed E-state index contributed by atoms with van der Waals surface area (Å²) in [6.07, 6.45) is -53.6. The molecular weight excluding hydrogens is 1000 g/mol. The number of nitrogens with one attached hydrogen (secondary N) is 2. The van der Waals surface area contributed by atoms with Gasteiger partial charge in [0.25, 0.3) is 0 Å². The van der Waals surface area contributed by atoms with Crippen LogP contribution in [0.5, 0.6) is 0 Å². The second-order valence-electron chi connectivity index (χ2n) is 18.2. The van der Waals surface area contributed by atoms with Crippen LogP contribution < -0.4 is 10.6 Å². The highest BCUT2D eigenvalue weighted by Crippen LogP contribution is 2.37. The molecule has 6 rings (SSSR count). The summed E-state index contributed by atoms with van der Waals surface area (Å²) in [4.78, 5) is 24.8. The van der Waals surface area contributed by atoms with Gasteiger partial charge in [0.2, 0.25) is 11.8 Å². The number of hydrogen-bond donors (Lipinski definition) is 20. The molecule has 73 heavy (non-hydrogen) atoms. The Hall–Kier alpha value is -2.22. The molecule has 0 unspecified atom stereocenters. The van der Waals surface area contributed by atoms with Crippen LogP contribution in [-0.4, -0.2) is 327 Å². The van der Waals surface area contributed by atoms with Crippen LogP contribution in [0.2, 0.25) is 0 Å². The van der Waals surface area contributed by atoms with Gasteiger partial charge in [-0.25, -0.2) is 0 Å². The number of hydrogen-bond acceptors (Lipinski definition) is 31. The Morgan fingerprint density at radius 1 is 0.329 bits per heavy atom. The van der Waals surface area contributed by atoms with Crippen LogP contribution in [-0.2, 0) is 61.7 Å². The highest BCUT2D eigenvalue weighted by atomic mass is 16.8. The highest BCUT2D eigenvalue weighted by molar-refractivity contribution is 5.73. The van der Waals surface area contributed by atoms with Gasteiger partial charge in [0.1, 0.15) is 146 Å². The number of amides is 2. The zero-order valence-corrected chi connectivity index (χ0v) is 38.9. The van der Waals surface area contributed by atoms with Gasteiger partial charge < -0.3 is 155 Å². The van der Waals surface area contributed by atoms with Crippen molar-refractivity contribution in [3.63, 3.8) is 0 Å².